The minimum Gasteiger partial charge on any atom is -0.465 e. The molecule has 6 heteroatoms. The highest BCUT2D eigenvalue weighted by atomic mass is 19.1. The monoisotopic (exact) mass is 282 g/mol. The van der Waals surface area contributed by atoms with Gasteiger partial charge in [-0.1, -0.05) is 6.07 Å². The maximum absolute atomic E-state index is 13.4. The molecule has 110 valence electrons. The van der Waals surface area contributed by atoms with Crippen LogP contribution in [0, 0.1) is 12.7 Å². The average molecular weight is 282 g/mol. The van der Waals surface area contributed by atoms with E-state index >= 15 is 0 Å². The number of carbonyl (C=O) groups is 1. The van der Waals surface area contributed by atoms with Gasteiger partial charge in [0.05, 0.1) is 5.60 Å². The summed E-state index contributed by atoms with van der Waals surface area (Å²) in [6.45, 7) is 2.60. The summed E-state index contributed by atoms with van der Waals surface area (Å²) in [4.78, 5) is 12.1. The first-order valence-corrected chi connectivity index (χ1v) is 6.60. The molecule has 1 fully saturated rings. The second kappa shape index (κ2) is 5.66. The number of benzene rings is 1. The molecule has 5 nitrogen and oxygen atoms in total. The van der Waals surface area contributed by atoms with Gasteiger partial charge in [0.15, 0.2) is 0 Å². The summed E-state index contributed by atoms with van der Waals surface area (Å²) < 4.78 is 13.4. The zero-order chi connectivity index (χ0) is 14.8. The Balaban J connectivity index is 1.90. The standard InChI is InChI=1S/C14H19FN2O3/c1-10-2-3-11(8-12(10)15)16-9-14(20)4-6-17(7-5-14)13(18)19/h2-3,8,16,20H,4-7,9H2,1H3,(H,18,19). The van der Waals surface area contributed by atoms with Crippen LogP contribution in [0.1, 0.15) is 18.4 Å². The quantitative estimate of drug-likeness (QED) is 0.793. The lowest BCUT2D eigenvalue weighted by molar-refractivity contribution is -0.00588. The van der Waals surface area contributed by atoms with Crippen molar-refractivity contribution in [3.63, 3.8) is 0 Å². The number of halogens is 1. The fraction of sp³-hybridized carbons (Fsp3) is 0.500. The van der Waals surface area contributed by atoms with Gasteiger partial charge in [-0.3, -0.25) is 0 Å². The lowest BCUT2D eigenvalue weighted by Crippen LogP contribution is -2.49. The van der Waals surface area contributed by atoms with Crippen LogP contribution in [0.3, 0.4) is 0 Å². The molecular weight excluding hydrogens is 263 g/mol. The van der Waals surface area contributed by atoms with E-state index in [1.54, 1.807) is 19.1 Å². The first kappa shape index (κ1) is 14.6. The van der Waals surface area contributed by atoms with Crippen LogP contribution in [0.5, 0.6) is 0 Å². The lowest BCUT2D eigenvalue weighted by atomic mass is 9.91. The molecule has 0 saturated carbocycles. The molecule has 1 aromatic carbocycles. The summed E-state index contributed by atoms with van der Waals surface area (Å²) in [6, 6.07) is 4.83. The molecule has 0 spiro atoms. The van der Waals surface area contributed by atoms with Crippen molar-refractivity contribution < 1.29 is 19.4 Å². The van der Waals surface area contributed by atoms with Crippen molar-refractivity contribution in [3.05, 3.63) is 29.6 Å². The van der Waals surface area contributed by atoms with Gasteiger partial charge in [-0.25, -0.2) is 9.18 Å². The molecular formula is C14H19FN2O3. The van der Waals surface area contributed by atoms with E-state index in [9.17, 15) is 14.3 Å². The van der Waals surface area contributed by atoms with E-state index < -0.39 is 11.7 Å². The Hall–Kier alpha value is -1.82. The van der Waals surface area contributed by atoms with Crippen LogP contribution < -0.4 is 5.32 Å². The normalized spacial score (nSPS) is 17.9. The van der Waals surface area contributed by atoms with E-state index in [-0.39, 0.29) is 12.4 Å². The number of piperidine rings is 1. The highest BCUT2D eigenvalue weighted by Gasteiger charge is 2.33. The van der Waals surface area contributed by atoms with Gasteiger partial charge in [0, 0.05) is 25.3 Å². The number of anilines is 1. The summed E-state index contributed by atoms with van der Waals surface area (Å²) in [5.41, 5.74) is 0.235. The number of carboxylic acid groups (broad SMARTS) is 1. The molecule has 0 unspecified atom stereocenters. The zero-order valence-corrected chi connectivity index (χ0v) is 11.4. The van der Waals surface area contributed by atoms with E-state index in [4.69, 9.17) is 5.11 Å². The van der Waals surface area contributed by atoms with Gasteiger partial charge >= 0.3 is 6.09 Å². The molecule has 0 bridgehead atoms. The fourth-order valence-electron chi connectivity index (χ4n) is 2.26. The van der Waals surface area contributed by atoms with Crippen LogP contribution in [0.25, 0.3) is 0 Å². The Bertz CT molecular complexity index is 499. The first-order chi connectivity index (χ1) is 9.39. The van der Waals surface area contributed by atoms with Crippen LogP contribution in [0.15, 0.2) is 18.2 Å². The smallest absolute Gasteiger partial charge is 0.407 e. The fourth-order valence-corrected chi connectivity index (χ4v) is 2.26. The van der Waals surface area contributed by atoms with E-state index in [2.05, 4.69) is 5.32 Å². The summed E-state index contributed by atoms with van der Waals surface area (Å²) in [5.74, 6) is -0.289. The predicted molar refractivity (Wildman–Crippen MR) is 73.4 cm³/mol. The summed E-state index contributed by atoms with van der Waals surface area (Å²) in [6.07, 6.45) is -0.206. The van der Waals surface area contributed by atoms with Gasteiger partial charge in [0.25, 0.3) is 0 Å². The molecule has 0 aliphatic carbocycles. The van der Waals surface area contributed by atoms with Crippen LogP contribution in [-0.2, 0) is 0 Å². The Kier molecular flexibility index (Phi) is 4.13. The van der Waals surface area contributed by atoms with Gasteiger partial charge in [0.1, 0.15) is 5.82 Å². The molecule has 3 N–H and O–H groups in total. The van der Waals surface area contributed by atoms with Gasteiger partial charge in [-0.15, -0.1) is 0 Å². The van der Waals surface area contributed by atoms with Crippen LogP contribution >= 0.6 is 0 Å². The van der Waals surface area contributed by atoms with Gasteiger partial charge in [-0.2, -0.15) is 0 Å². The molecule has 0 radical (unpaired) electrons. The second-order valence-electron chi connectivity index (χ2n) is 5.31. The Morgan fingerprint density at radius 3 is 2.65 bits per heavy atom. The van der Waals surface area contributed by atoms with Crippen LogP contribution in [0.4, 0.5) is 14.9 Å². The van der Waals surface area contributed by atoms with Crippen LogP contribution in [-0.4, -0.2) is 46.4 Å². The minimum absolute atomic E-state index is 0.281. The number of hydrogen-bond donors (Lipinski definition) is 3. The molecule has 0 atom stereocenters. The zero-order valence-electron chi connectivity index (χ0n) is 11.4. The van der Waals surface area contributed by atoms with Gasteiger partial charge in [0.2, 0.25) is 0 Å². The van der Waals surface area contributed by atoms with E-state index in [0.29, 0.717) is 37.2 Å². The highest BCUT2D eigenvalue weighted by Crippen LogP contribution is 2.23. The number of hydrogen-bond acceptors (Lipinski definition) is 3. The SMILES string of the molecule is Cc1ccc(NCC2(O)CCN(C(=O)O)CC2)cc1F. The number of likely N-dealkylation sites (tertiary alicyclic amines) is 1. The molecule has 1 amide bonds. The van der Waals surface area contributed by atoms with Crippen molar-refractivity contribution >= 4 is 11.8 Å². The third kappa shape index (κ3) is 3.39. The maximum Gasteiger partial charge on any atom is 0.407 e. The Labute approximate surface area is 117 Å². The van der Waals surface area contributed by atoms with E-state index in [1.165, 1.54) is 11.0 Å². The number of aliphatic hydroxyl groups is 1. The Morgan fingerprint density at radius 1 is 1.45 bits per heavy atom. The van der Waals surface area contributed by atoms with Gasteiger partial charge < -0.3 is 20.4 Å². The van der Waals surface area contributed by atoms with Crippen molar-refractivity contribution in [3.8, 4) is 0 Å². The third-order valence-corrected chi connectivity index (χ3v) is 3.76. The highest BCUT2D eigenvalue weighted by molar-refractivity contribution is 5.65. The molecule has 0 aromatic heterocycles. The summed E-state index contributed by atoms with van der Waals surface area (Å²) >= 11 is 0. The van der Waals surface area contributed by atoms with Crippen molar-refractivity contribution in [2.24, 2.45) is 0 Å². The summed E-state index contributed by atoms with van der Waals surface area (Å²) in [5, 5.41) is 22.3. The van der Waals surface area contributed by atoms with Crippen molar-refractivity contribution in [1.82, 2.24) is 4.90 Å². The van der Waals surface area contributed by atoms with Gasteiger partial charge in [-0.05, 0) is 37.5 Å². The number of nitrogens with one attached hydrogen (secondary N) is 1. The molecule has 2 rings (SSSR count). The lowest BCUT2D eigenvalue weighted by Gasteiger charge is -2.37. The molecule has 1 aliphatic rings. The topological polar surface area (TPSA) is 72.8 Å². The van der Waals surface area contributed by atoms with Crippen molar-refractivity contribution in [2.75, 3.05) is 25.0 Å². The molecule has 1 aromatic rings. The van der Waals surface area contributed by atoms with Crippen LogP contribution in [0.2, 0.25) is 0 Å². The van der Waals surface area contributed by atoms with E-state index in [1.807, 2.05) is 0 Å². The first-order valence-electron chi connectivity index (χ1n) is 6.60. The van der Waals surface area contributed by atoms with E-state index in [0.717, 1.165) is 0 Å². The predicted octanol–water partition coefficient (Wildman–Crippen LogP) is 2.05. The van der Waals surface area contributed by atoms with Crippen molar-refractivity contribution in [2.45, 2.75) is 25.4 Å². The molecule has 20 heavy (non-hydrogen) atoms. The third-order valence-electron chi connectivity index (χ3n) is 3.76. The summed E-state index contributed by atoms with van der Waals surface area (Å²) in [7, 11) is 0. The van der Waals surface area contributed by atoms with Crippen molar-refractivity contribution in [1.29, 1.82) is 0 Å². The number of rotatable bonds is 3. The minimum atomic E-state index is -0.958. The number of aryl methyl sites for hydroxylation is 1. The molecule has 1 saturated heterocycles. The average Bonchev–Trinajstić information content (AvgIpc) is 2.41. The Morgan fingerprint density at radius 2 is 2.10 bits per heavy atom. The molecule has 1 aliphatic heterocycles. The molecule has 1 heterocycles. The number of amides is 1. The number of nitrogens with zero attached hydrogens (tertiary/aromatic N) is 1. The maximum atomic E-state index is 13.4. The largest absolute Gasteiger partial charge is 0.465 e. The second-order valence-corrected chi connectivity index (χ2v) is 5.31.